The number of hydrogen-bond donors (Lipinski definition) is 2. The van der Waals surface area contributed by atoms with Crippen LogP contribution in [0.5, 0.6) is 0 Å². The zero-order valence-corrected chi connectivity index (χ0v) is 12.4. The minimum Gasteiger partial charge on any atom is -0.380 e. The lowest BCUT2D eigenvalue weighted by Gasteiger charge is -2.11. The normalized spacial score (nSPS) is 10.6. The number of aromatic nitrogens is 3. The van der Waals surface area contributed by atoms with Crippen molar-refractivity contribution in [3.05, 3.63) is 64.9 Å². The molecular weight excluding hydrogens is 284 g/mol. The summed E-state index contributed by atoms with van der Waals surface area (Å²) in [6.07, 6.45) is 0. The lowest BCUT2D eigenvalue weighted by Crippen LogP contribution is -2.01. The summed E-state index contributed by atoms with van der Waals surface area (Å²) < 4.78 is 0. The Balaban J connectivity index is 1.85. The molecule has 106 valence electrons. The summed E-state index contributed by atoms with van der Waals surface area (Å²) in [4.78, 5) is 4.38. The van der Waals surface area contributed by atoms with E-state index in [0.717, 1.165) is 27.7 Å². The molecule has 0 saturated carbocycles. The number of H-pyrrole nitrogens is 1. The van der Waals surface area contributed by atoms with Crippen molar-refractivity contribution in [2.24, 2.45) is 0 Å². The molecule has 0 bridgehead atoms. The second-order valence-electron chi connectivity index (χ2n) is 4.73. The first-order valence-corrected chi connectivity index (χ1v) is 7.07. The van der Waals surface area contributed by atoms with E-state index in [1.165, 1.54) is 0 Å². The number of aryl methyl sites for hydroxylation is 1. The van der Waals surface area contributed by atoms with E-state index in [-0.39, 0.29) is 0 Å². The Morgan fingerprint density at radius 3 is 2.62 bits per heavy atom. The van der Waals surface area contributed by atoms with E-state index < -0.39 is 0 Å². The summed E-state index contributed by atoms with van der Waals surface area (Å²) in [6.45, 7) is 2.54. The summed E-state index contributed by atoms with van der Waals surface area (Å²) in [5, 5.41) is 11.2. The topological polar surface area (TPSA) is 53.6 Å². The largest absolute Gasteiger partial charge is 0.380 e. The number of anilines is 1. The molecule has 0 amide bonds. The Morgan fingerprint density at radius 1 is 1.10 bits per heavy atom. The van der Waals surface area contributed by atoms with Crippen LogP contribution in [0.15, 0.2) is 48.5 Å². The van der Waals surface area contributed by atoms with Crippen LogP contribution < -0.4 is 5.32 Å². The average Bonchev–Trinajstić information content (AvgIpc) is 2.93. The number of rotatable bonds is 4. The van der Waals surface area contributed by atoms with Gasteiger partial charge in [-0.2, -0.15) is 5.10 Å². The van der Waals surface area contributed by atoms with Crippen LogP contribution in [0.3, 0.4) is 0 Å². The van der Waals surface area contributed by atoms with Crippen LogP contribution >= 0.6 is 11.6 Å². The number of benzene rings is 2. The first kappa shape index (κ1) is 13.6. The molecule has 21 heavy (non-hydrogen) atoms. The van der Waals surface area contributed by atoms with E-state index in [4.69, 9.17) is 11.6 Å². The van der Waals surface area contributed by atoms with Crippen molar-refractivity contribution >= 4 is 17.3 Å². The van der Waals surface area contributed by atoms with Crippen molar-refractivity contribution in [2.45, 2.75) is 13.5 Å². The predicted molar refractivity (Wildman–Crippen MR) is 85.3 cm³/mol. The Kier molecular flexibility index (Phi) is 3.88. The fourth-order valence-electron chi connectivity index (χ4n) is 2.13. The zero-order chi connectivity index (χ0) is 14.7. The van der Waals surface area contributed by atoms with Gasteiger partial charge in [-0.25, -0.2) is 4.98 Å². The van der Waals surface area contributed by atoms with Gasteiger partial charge in [0.05, 0.1) is 0 Å². The van der Waals surface area contributed by atoms with Gasteiger partial charge in [0.15, 0.2) is 5.82 Å². The molecule has 0 spiro atoms. The van der Waals surface area contributed by atoms with E-state index in [9.17, 15) is 0 Å². The van der Waals surface area contributed by atoms with Crippen LogP contribution in [0.4, 0.5) is 5.69 Å². The van der Waals surface area contributed by atoms with Crippen molar-refractivity contribution in [1.29, 1.82) is 0 Å². The average molecular weight is 299 g/mol. The molecule has 1 heterocycles. The van der Waals surface area contributed by atoms with Crippen molar-refractivity contribution in [1.82, 2.24) is 15.2 Å². The number of aromatic amines is 1. The minimum absolute atomic E-state index is 0.653. The van der Waals surface area contributed by atoms with Gasteiger partial charge < -0.3 is 5.32 Å². The van der Waals surface area contributed by atoms with E-state index in [1.807, 2.05) is 55.5 Å². The highest BCUT2D eigenvalue weighted by Gasteiger charge is 2.09. The zero-order valence-electron chi connectivity index (χ0n) is 11.6. The van der Waals surface area contributed by atoms with Gasteiger partial charge in [0.25, 0.3) is 0 Å². The van der Waals surface area contributed by atoms with Crippen molar-refractivity contribution in [3.8, 4) is 11.4 Å². The molecule has 2 aromatic carbocycles. The second-order valence-corrected chi connectivity index (χ2v) is 5.14. The molecule has 0 aliphatic heterocycles. The lowest BCUT2D eigenvalue weighted by atomic mass is 10.1. The number of nitrogens with zero attached hydrogens (tertiary/aromatic N) is 2. The Hall–Kier alpha value is -2.33. The molecule has 4 nitrogen and oxygen atoms in total. The van der Waals surface area contributed by atoms with Crippen LogP contribution in [0.2, 0.25) is 5.02 Å². The molecule has 1 aromatic heterocycles. The molecule has 5 heteroatoms. The number of hydrogen-bond acceptors (Lipinski definition) is 3. The third-order valence-corrected chi connectivity index (χ3v) is 3.56. The standard InChI is InChI=1S/C16H15ClN4/c1-11-19-16(21-20-11)13-7-3-5-9-15(13)18-10-12-6-2-4-8-14(12)17/h2-9,18H,10H2,1H3,(H,19,20,21). The highest BCUT2D eigenvalue weighted by Crippen LogP contribution is 2.26. The van der Waals surface area contributed by atoms with Gasteiger partial charge in [0.2, 0.25) is 0 Å². The van der Waals surface area contributed by atoms with Gasteiger partial charge in [-0.1, -0.05) is 41.9 Å². The molecule has 0 fully saturated rings. The highest BCUT2D eigenvalue weighted by atomic mass is 35.5. The lowest BCUT2D eigenvalue weighted by molar-refractivity contribution is 1.04. The Labute approximate surface area is 128 Å². The van der Waals surface area contributed by atoms with E-state index >= 15 is 0 Å². The number of halogens is 1. The summed E-state index contributed by atoms with van der Waals surface area (Å²) in [5.74, 6) is 1.49. The maximum atomic E-state index is 6.18. The summed E-state index contributed by atoms with van der Waals surface area (Å²) in [5.41, 5.74) is 3.01. The van der Waals surface area contributed by atoms with Crippen LogP contribution in [0.1, 0.15) is 11.4 Å². The quantitative estimate of drug-likeness (QED) is 0.764. The second kappa shape index (κ2) is 5.97. The Bertz CT molecular complexity index is 751. The van der Waals surface area contributed by atoms with E-state index in [0.29, 0.717) is 12.4 Å². The van der Waals surface area contributed by atoms with E-state index in [2.05, 4.69) is 20.5 Å². The summed E-state index contributed by atoms with van der Waals surface area (Å²) in [6, 6.07) is 15.8. The minimum atomic E-state index is 0.653. The predicted octanol–water partition coefficient (Wildman–Crippen LogP) is 4.05. The van der Waals surface area contributed by atoms with Gasteiger partial charge in [0, 0.05) is 22.8 Å². The molecular formula is C16H15ClN4. The summed E-state index contributed by atoms with van der Waals surface area (Å²) in [7, 11) is 0. The van der Waals surface area contributed by atoms with Gasteiger partial charge >= 0.3 is 0 Å². The van der Waals surface area contributed by atoms with Crippen LogP contribution in [-0.4, -0.2) is 15.2 Å². The summed E-state index contributed by atoms with van der Waals surface area (Å²) >= 11 is 6.18. The van der Waals surface area contributed by atoms with Gasteiger partial charge in [-0.15, -0.1) is 0 Å². The Morgan fingerprint density at radius 2 is 1.86 bits per heavy atom. The third kappa shape index (κ3) is 3.06. The molecule has 0 radical (unpaired) electrons. The highest BCUT2D eigenvalue weighted by molar-refractivity contribution is 6.31. The molecule has 0 unspecified atom stereocenters. The van der Waals surface area contributed by atoms with E-state index in [1.54, 1.807) is 0 Å². The molecule has 3 aromatic rings. The van der Waals surface area contributed by atoms with Crippen molar-refractivity contribution < 1.29 is 0 Å². The first-order valence-electron chi connectivity index (χ1n) is 6.70. The molecule has 0 saturated heterocycles. The van der Waals surface area contributed by atoms with Crippen LogP contribution in [-0.2, 0) is 6.54 Å². The van der Waals surface area contributed by atoms with Gasteiger partial charge in [-0.3, -0.25) is 5.10 Å². The van der Waals surface area contributed by atoms with Gasteiger partial charge in [-0.05, 0) is 30.7 Å². The maximum Gasteiger partial charge on any atom is 0.183 e. The number of para-hydroxylation sites is 1. The molecule has 0 atom stereocenters. The maximum absolute atomic E-state index is 6.18. The molecule has 0 aliphatic rings. The van der Waals surface area contributed by atoms with Crippen LogP contribution in [0, 0.1) is 6.92 Å². The monoisotopic (exact) mass is 298 g/mol. The molecule has 3 rings (SSSR count). The van der Waals surface area contributed by atoms with Gasteiger partial charge in [0.1, 0.15) is 5.82 Å². The third-order valence-electron chi connectivity index (χ3n) is 3.19. The SMILES string of the molecule is Cc1nc(-c2ccccc2NCc2ccccc2Cl)n[nH]1. The van der Waals surface area contributed by atoms with Crippen molar-refractivity contribution in [3.63, 3.8) is 0 Å². The van der Waals surface area contributed by atoms with Crippen LogP contribution in [0.25, 0.3) is 11.4 Å². The molecule has 0 aliphatic carbocycles. The first-order chi connectivity index (χ1) is 10.2. The molecule has 2 N–H and O–H groups in total. The fourth-order valence-corrected chi connectivity index (χ4v) is 2.33. The van der Waals surface area contributed by atoms with Crippen molar-refractivity contribution in [2.75, 3.05) is 5.32 Å². The smallest absolute Gasteiger partial charge is 0.183 e. The number of nitrogens with one attached hydrogen (secondary N) is 2. The fraction of sp³-hybridized carbons (Fsp3) is 0.125.